The summed E-state index contributed by atoms with van der Waals surface area (Å²) in [5.41, 5.74) is 1.84. The third-order valence-corrected chi connectivity index (χ3v) is 10.2. The van der Waals surface area contributed by atoms with Gasteiger partial charge in [0, 0.05) is 18.0 Å². The van der Waals surface area contributed by atoms with Crippen LogP contribution in [0, 0.1) is 5.92 Å². The second-order valence-electron chi connectivity index (χ2n) is 15.1. The summed E-state index contributed by atoms with van der Waals surface area (Å²) in [5.74, 6) is 0.233. The van der Waals surface area contributed by atoms with E-state index < -0.39 is 6.10 Å². The molecule has 7 nitrogen and oxygen atoms in total. The molecule has 0 aliphatic rings. The third-order valence-electron chi connectivity index (χ3n) is 10.2. The number of benzene rings is 1. The first-order chi connectivity index (χ1) is 25.6. The number of nitrogens with one attached hydrogen (secondary N) is 1. The number of anilines is 1. The molecule has 52 heavy (non-hydrogen) atoms. The van der Waals surface area contributed by atoms with E-state index in [-0.39, 0.29) is 25.0 Å². The quantitative estimate of drug-likeness (QED) is 0.0581. The molecule has 304 valence electrons. The number of carbonyl (C=O) groups excluding carboxylic acids is 1. The van der Waals surface area contributed by atoms with E-state index >= 15 is 0 Å². The monoisotopic (exact) mass is 734 g/mol. The Morgan fingerprint density at radius 3 is 1.37 bits per heavy atom. The van der Waals surface area contributed by atoms with Crippen molar-refractivity contribution in [1.29, 1.82) is 0 Å². The standard InChI is InChI=1S/C45H83NO6/c1-3-5-7-9-11-13-15-17-19-21-23-25-27-42(28-26-24-22-20-18-16-14-12-10-8-6-4-2)45(49)46-43-31-29-41(30-32-43)39-44(48)40-52-38-37-51-36-35-50-34-33-47/h29-32,42,44,47-48H,3-28,33-40H2,1-2H3,(H,46,49)/t44-/m0/s1. The van der Waals surface area contributed by atoms with Crippen molar-refractivity contribution in [2.24, 2.45) is 5.92 Å². The highest BCUT2D eigenvalue weighted by atomic mass is 16.5. The van der Waals surface area contributed by atoms with Crippen molar-refractivity contribution in [3.8, 4) is 0 Å². The first-order valence-electron chi connectivity index (χ1n) is 22.0. The number of aliphatic hydroxyl groups excluding tert-OH is 2. The molecule has 0 unspecified atom stereocenters. The van der Waals surface area contributed by atoms with Crippen LogP contribution in [0.3, 0.4) is 0 Å². The number of unbranched alkanes of at least 4 members (excludes halogenated alkanes) is 22. The van der Waals surface area contributed by atoms with Gasteiger partial charge in [-0.25, -0.2) is 0 Å². The second kappa shape index (κ2) is 37.8. The largest absolute Gasteiger partial charge is 0.394 e. The lowest BCUT2D eigenvalue weighted by Crippen LogP contribution is -2.23. The predicted molar refractivity (Wildman–Crippen MR) is 219 cm³/mol. The Kier molecular flexibility index (Phi) is 35.3. The van der Waals surface area contributed by atoms with Crippen molar-refractivity contribution < 1.29 is 29.2 Å². The number of carbonyl (C=O) groups is 1. The molecule has 3 N–H and O–H groups in total. The molecule has 1 amide bonds. The lowest BCUT2D eigenvalue weighted by Gasteiger charge is -2.17. The van der Waals surface area contributed by atoms with Gasteiger partial charge in [-0.15, -0.1) is 0 Å². The van der Waals surface area contributed by atoms with Crippen molar-refractivity contribution in [2.75, 3.05) is 51.6 Å². The van der Waals surface area contributed by atoms with Gasteiger partial charge in [0.15, 0.2) is 0 Å². The van der Waals surface area contributed by atoms with Gasteiger partial charge in [-0.3, -0.25) is 4.79 Å². The number of amides is 1. The minimum absolute atomic E-state index is 0.0118. The summed E-state index contributed by atoms with van der Waals surface area (Å²) < 4.78 is 16.1. The molecule has 0 aliphatic heterocycles. The minimum atomic E-state index is -0.608. The number of hydrogen-bond acceptors (Lipinski definition) is 6. The van der Waals surface area contributed by atoms with Crippen LogP contribution >= 0.6 is 0 Å². The first-order valence-corrected chi connectivity index (χ1v) is 22.0. The number of hydrogen-bond donors (Lipinski definition) is 3. The molecular formula is C45H83NO6. The van der Waals surface area contributed by atoms with Crippen LogP contribution in [0.25, 0.3) is 0 Å². The minimum Gasteiger partial charge on any atom is -0.394 e. The Morgan fingerprint density at radius 2 is 0.942 bits per heavy atom. The van der Waals surface area contributed by atoms with E-state index in [1.54, 1.807) is 0 Å². The van der Waals surface area contributed by atoms with Gasteiger partial charge < -0.3 is 29.7 Å². The Balaban J connectivity index is 2.39. The van der Waals surface area contributed by atoms with Crippen LogP contribution in [-0.2, 0) is 25.4 Å². The van der Waals surface area contributed by atoms with Crippen molar-refractivity contribution >= 4 is 11.6 Å². The molecule has 0 radical (unpaired) electrons. The molecule has 0 saturated heterocycles. The Morgan fingerprint density at radius 1 is 0.558 bits per heavy atom. The Bertz CT molecular complexity index is 853. The van der Waals surface area contributed by atoms with Gasteiger partial charge in [0.05, 0.1) is 52.4 Å². The zero-order valence-electron chi connectivity index (χ0n) is 34.0. The zero-order valence-corrected chi connectivity index (χ0v) is 34.0. The predicted octanol–water partition coefficient (Wildman–Crippen LogP) is 11.4. The molecule has 1 aromatic rings. The normalized spacial score (nSPS) is 12.2. The highest BCUT2D eigenvalue weighted by molar-refractivity contribution is 5.92. The summed E-state index contributed by atoms with van der Waals surface area (Å²) in [6, 6.07) is 7.88. The van der Waals surface area contributed by atoms with Gasteiger partial charge in [-0.05, 0) is 30.5 Å². The Labute approximate surface area is 320 Å². The van der Waals surface area contributed by atoms with Gasteiger partial charge in [0.25, 0.3) is 0 Å². The molecule has 0 spiro atoms. The maximum absolute atomic E-state index is 13.5. The van der Waals surface area contributed by atoms with E-state index in [4.69, 9.17) is 19.3 Å². The summed E-state index contributed by atoms with van der Waals surface area (Å²) in [6.45, 7) is 6.86. The van der Waals surface area contributed by atoms with Crippen LogP contribution in [0.2, 0.25) is 0 Å². The van der Waals surface area contributed by atoms with Crippen LogP contribution in [0.15, 0.2) is 24.3 Å². The fraction of sp³-hybridized carbons (Fsp3) is 0.844. The maximum atomic E-state index is 13.5. The molecule has 0 fully saturated rings. The van der Waals surface area contributed by atoms with Crippen molar-refractivity contribution in [3.05, 3.63) is 29.8 Å². The Hall–Kier alpha value is -1.51. The fourth-order valence-corrected chi connectivity index (χ4v) is 6.89. The van der Waals surface area contributed by atoms with E-state index in [1.165, 1.54) is 141 Å². The van der Waals surface area contributed by atoms with Crippen molar-refractivity contribution in [3.63, 3.8) is 0 Å². The highest BCUT2D eigenvalue weighted by Gasteiger charge is 2.18. The molecule has 0 aliphatic carbocycles. The van der Waals surface area contributed by atoms with E-state index in [0.717, 1.165) is 36.9 Å². The van der Waals surface area contributed by atoms with Crippen molar-refractivity contribution in [2.45, 2.75) is 193 Å². The van der Waals surface area contributed by atoms with Gasteiger partial charge in [-0.1, -0.05) is 180 Å². The van der Waals surface area contributed by atoms with Gasteiger partial charge in [0.1, 0.15) is 0 Å². The molecule has 1 atom stereocenters. The van der Waals surface area contributed by atoms with E-state index in [9.17, 15) is 9.90 Å². The van der Waals surface area contributed by atoms with E-state index in [1.807, 2.05) is 24.3 Å². The zero-order chi connectivity index (χ0) is 37.6. The molecule has 7 heteroatoms. The molecule has 1 aromatic carbocycles. The average Bonchev–Trinajstić information content (AvgIpc) is 3.14. The van der Waals surface area contributed by atoms with Crippen LogP contribution in [0.4, 0.5) is 5.69 Å². The molecular weight excluding hydrogens is 650 g/mol. The average molecular weight is 734 g/mol. The lowest BCUT2D eigenvalue weighted by atomic mass is 9.93. The number of aliphatic hydroxyl groups is 2. The molecule has 0 bridgehead atoms. The summed E-state index contributed by atoms with van der Waals surface area (Å²) in [7, 11) is 0. The molecule has 0 heterocycles. The molecule has 0 saturated carbocycles. The summed E-state index contributed by atoms with van der Waals surface area (Å²) in [5, 5.41) is 22.3. The topological polar surface area (TPSA) is 97.3 Å². The number of rotatable bonds is 40. The SMILES string of the molecule is CCCCCCCCCCCCCCC(CCCCCCCCCCCCCC)C(=O)Nc1ccc(C[C@H](O)COCCOCCOCCO)cc1. The van der Waals surface area contributed by atoms with Gasteiger partial charge in [0.2, 0.25) is 5.91 Å². The summed E-state index contributed by atoms with van der Waals surface area (Å²) in [6.07, 6.45) is 33.9. The maximum Gasteiger partial charge on any atom is 0.227 e. The van der Waals surface area contributed by atoms with Crippen molar-refractivity contribution in [1.82, 2.24) is 0 Å². The highest BCUT2D eigenvalue weighted by Crippen LogP contribution is 2.23. The van der Waals surface area contributed by atoms with Crippen LogP contribution < -0.4 is 5.32 Å². The van der Waals surface area contributed by atoms with Gasteiger partial charge >= 0.3 is 0 Å². The second-order valence-corrected chi connectivity index (χ2v) is 15.1. The van der Waals surface area contributed by atoms with Gasteiger partial charge in [-0.2, -0.15) is 0 Å². The number of ether oxygens (including phenoxy) is 3. The fourth-order valence-electron chi connectivity index (χ4n) is 6.89. The summed E-state index contributed by atoms with van der Waals surface area (Å²) >= 11 is 0. The molecule has 0 aromatic heterocycles. The molecule has 1 rings (SSSR count). The third kappa shape index (κ3) is 30.9. The van der Waals surface area contributed by atoms with E-state index in [0.29, 0.717) is 39.5 Å². The van der Waals surface area contributed by atoms with E-state index in [2.05, 4.69) is 19.2 Å². The smallest absolute Gasteiger partial charge is 0.227 e. The first kappa shape index (κ1) is 48.5. The van der Waals surface area contributed by atoms with Crippen LogP contribution in [-0.4, -0.2) is 68.5 Å². The summed E-state index contributed by atoms with van der Waals surface area (Å²) in [4.78, 5) is 13.5. The van der Waals surface area contributed by atoms with Crippen LogP contribution in [0.5, 0.6) is 0 Å². The lowest BCUT2D eigenvalue weighted by molar-refractivity contribution is -0.120. The van der Waals surface area contributed by atoms with Crippen LogP contribution in [0.1, 0.15) is 186 Å².